The third-order valence-corrected chi connectivity index (χ3v) is 5.72. The highest BCUT2D eigenvalue weighted by Crippen LogP contribution is 2.26. The maximum atomic E-state index is 11.5. The Labute approximate surface area is 176 Å². The van der Waals surface area contributed by atoms with Crippen LogP contribution in [-0.4, -0.2) is 20.6 Å². The number of carboxylic acid groups (broad SMARTS) is 1. The highest BCUT2D eigenvalue weighted by Gasteiger charge is 2.14. The van der Waals surface area contributed by atoms with Crippen molar-refractivity contribution in [2.45, 2.75) is 33.2 Å². The standard InChI is InChI=1S/C26H26N2O2/c1-3-18(2)16-25-27-23-10-6-7-11-24(23)28(25)17-19-12-14-20(15-13-19)21-8-4-5-9-22(21)26(29)30/h4-15,18H,3,16-17H2,1-2H3,(H,29,30). The molecule has 0 saturated heterocycles. The van der Waals surface area contributed by atoms with Crippen LogP contribution in [0.1, 0.15) is 42.0 Å². The van der Waals surface area contributed by atoms with Crippen LogP contribution >= 0.6 is 0 Å². The minimum atomic E-state index is -0.908. The quantitative estimate of drug-likeness (QED) is 0.413. The Morgan fingerprint density at radius 2 is 1.70 bits per heavy atom. The highest BCUT2D eigenvalue weighted by molar-refractivity contribution is 5.96. The Balaban J connectivity index is 1.67. The first-order chi connectivity index (χ1) is 14.6. The lowest BCUT2D eigenvalue weighted by molar-refractivity contribution is 0.0697. The fourth-order valence-corrected chi connectivity index (χ4v) is 3.81. The molecule has 0 bridgehead atoms. The first kappa shape index (κ1) is 19.9. The van der Waals surface area contributed by atoms with Crippen molar-refractivity contribution in [3.8, 4) is 11.1 Å². The molecule has 0 spiro atoms. The van der Waals surface area contributed by atoms with E-state index in [1.165, 1.54) is 5.56 Å². The van der Waals surface area contributed by atoms with E-state index in [0.717, 1.165) is 47.4 Å². The first-order valence-electron chi connectivity index (χ1n) is 10.4. The number of hydrogen-bond donors (Lipinski definition) is 1. The van der Waals surface area contributed by atoms with Crippen molar-refractivity contribution in [3.63, 3.8) is 0 Å². The van der Waals surface area contributed by atoms with E-state index in [1.54, 1.807) is 12.1 Å². The molecule has 0 fully saturated rings. The van der Waals surface area contributed by atoms with E-state index in [9.17, 15) is 9.90 Å². The third-order valence-electron chi connectivity index (χ3n) is 5.72. The van der Waals surface area contributed by atoms with Crippen molar-refractivity contribution < 1.29 is 9.90 Å². The van der Waals surface area contributed by atoms with Gasteiger partial charge in [0.15, 0.2) is 0 Å². The van der Waals surface area contributed by atoms with Gasteiger partial charge in [0, 0.05) is 13.0 Å². The number of carboxylic acids is 1. The van der Waals surface area contributed by atoms with Gasteiger partial charge in [-0.2, -0.15) is 0 Å². The molecule has 0 radical (unpaired) electrons. The molecule has 1 atom stereocenters. The Morgan fingerprint density at radius 3 is 2.43 bits per heavy atom. The number of fused-ring (bicyclic) bond motifs is 1. The number of hydrogen-bond acceptors (Lipinski definition) is 2. The van der Waals surface area contributed by atoms with Gasteiger partial charge in [0.05, 0.1) is 16.6 Å². The molecule has 152 valence electrons. The van der Waals surface area contributed by atoms with Crippen LogP contribution in [0.25, 0.3) is 22.2 Å². The minimum Gasteiger partial charge on any atom is -0.478 e. The summed E-state index contributed by atoms with van der Waals surface area (Å²) in [5, 5.41) is 9.47. The van der Waals surface area contributed by atoms with Crippen LogP contribution in [0.15, 0.2) is 72.8 Å². The molecular formula is C26H26N2O2. The number of para-hydroxylation sites is 2. The van der Waals surface area contributed by atoms with Gasteiger partial charge in [-0.15, -0.1) is 0 Å². The topological polar surface area (TPSA) is 55.1 Å². The summed E-state index contributed by atoms with van der Waals surface area (Å²) in [4.78, 5) is 16.4. The van der Waals surface area contributed by atoms with Crippen LogP contribution in [0.3, 0.4) is 0 Å². The van der Waals surface area contributed by atoms with Crippen molar-refractivity contribution in [1.29, 1.82) is 0 Å². The van der Waals surface area contributed by atoms with Crippen molar-refractivity contribution in [1.82, 2.24) is 9.55 Å². The molecule has 1 N–H and O–H groups in total. The second kappa shape index (κ2) is 8.54. The monoisotopic (exact) mass is 398 g/mol. The van der Waals surface area contributed by atoms with E-state index in [0.29, 0.717) is 11.5 Å². The molecule has 4 heteroatoms. The van der Waals surface area contributed by atoms with E-state index < -0.39 is 5.97 Å². The SMILES string of the molecule is CCC(C)Cc1nc2ccccc2n1Cc1ccc(-c2ccccc2C(=O)O)cc1. The molecule has 3 aromatic carbocycles. The Bertz CT molecular complexity index is 1180. The summed E-state index contributed by atoms with van der Waals surface area (Å²) in [5.74, 6) is 0.788. The predicted molar refractivity (Wildman–Crippen MR) is 121 cm³/mol. The van der Waals surface area contributed by atoms with Gasteiger partial charge in [0.1, 0.15) is 5.82 Å². The van der Waals surface area contributed by atoms with Crippen LogP contribution in [0.4, 0.5) is 0 Å². The lowest BCUT2D eigenvalue weighted by atomic mass is 9.98. The predicted octanol–water partition coefficient (Wildman–Crippen LogP) is 6.04. The van der Waals surface area contributed by atoms with Crippen molar-refractivity contribution >= 4 is 17.0 Å². The second-order valence-electron chi connectivity index (χ2n) is 7.87. The van der Waals surface area contributed by atoms with Gasteiger partial charge in [-0.3, -0.25) is 0 Å². The zero-order valence-electron chi connectivity index (χ0n) is 17.4. The van der Waals surface area contributed by atoms with E-state index >= 15 is 0 Å². The summed E-state index contributed by atoms with van der Waals surface area (Å²) in [6, 6.07) is 23.6. The van der Waals surface area contributed by atoms with Crippen LogP contribution in [0.2, 0.25) is 0 Å². The number of nitrogens with zero attached hydrogens (tertiary/aromatic N) is 2. The smallest absolute Gasteiger partial charge is 0.336 e. The normalized spacial score (nSPS) is 12.2. The number of aromatic nitrogens is 2. The molecule has 0 aliphatic rings. The van der Waals surface area contributed by atoms with Crippen molar-refractivity contribution in [3.05, 3.63) is 89.7 Å². The average Bonchev–Trinajstić information content (AvgIpc) is 3.11. The molecule has 0 aliphatic heterocycles. The minimum absolute atomic E-state index is 0.321. The molecular weight excluding hydrogens is 372 g/mol. The van der Waals surface area contributed by atoms with E-state index in [-0.39, 0.29) is 0 Å². The summed E-state index contributed by atoms with van der Waals surface area (Å²) in [6.07, 6.45) is 2.08. The molecule has 4 nitrogen and oxygen atoms in total. The third kappa shape index (κ3) is 3.99. The number of benzene rings is 3. The lowest BCUT2D eigenvalue weighted by Crippen LogP contribution is -2.09. The van der Waals surface area contributed by atoms with E-state index in [2.05, 4.69) is 48.7 Å². The van der Waals surface area contributed by atoms with Crippen LogP contribution in [0.5, 0.6) is 0 Å². The van der Waals surface area contributed by atoms with Gasteiger partial charge >= 0.3 is 5.97 Å². The molecule has 1 unspecified atom stereocenters. The summed E-state index contributed by atoms with van der Waals surface area (Å²) >= 11 is 0. The molecule has 4 aromatic rings. The van der Waals surface area contributed by atoms with Gasteiger partial charge < -0.3 is 9.67 Å². The Kier molecular flexibility index (Phi) is 5.66. The van der Waals surface area contributed by atoms with Crippen LogP contribution in [-0.2, 0) is 13.0 Å². The summed E-state index contributed by atoms with van der Waals surface area (Å²) in [7, 11) is 0. The molecule has 4 rings (SSSR count). The number of carbonyl (C=O) groups is 1. The molecule has 0 saturated carbocycles. The van der Waals surface area contributed by atoms with E-state index in [4.69, 9.17) is 4.98 Å². The zero-order valence-corrected chi connectivity index (χ0v) is 17.4. The second-order valence-corrected chi connectivity index (χ2v) is 7.87. The van der Waals surface area contributed by atoms with E-state index in [1.807, 2.05) is 30.3 Å². The van der Waals surface area contributed by atoms with Crippen LogP contribution in [0, 0.1) is 5.92 Å². The van der Waals surface area contributed by atoms with Gasteiger partial charge in [-0.25, -0.2) is 9.78 Å². The van der Waals surface area contributed by atoms with Gasteiger partial charge in [-0.05, 0) is 40.8 Å². The van der Waals surface area contributed by atoms with Crippen molar-refractivity contribution in [2.24, 2.45) is 5.92 Å². The first-order valence-corrected chi connectivity index (χ1v) is 10.4. The zero-order chi connectivity index (χ0) is 21.1. The van der Waals surface area contributed by atoms with Gasteiger partial charge in [-0.1, -0.05) is 74.9 Å². The summed E-state index contributed by atoms with van der Waals surface area (Å²) < 4.78 is 2.31. The molecule has 1 aromatic heterocycles. The largest absolute Gasteiger partial charge is 0.478 e. The molecule has 0 aliphatic carbocycles. The fraction of sp³-hybridized carbons (Fsp3) is 0.231. The summed E-state index contributed by atoms with van der Waals surface area (Å²) in [5.41, 5.74) is 5.31. The lowest BCUT2D eigenvalue weighted by Gasteiger charge is -2.13. The number of imidazole rings is 1. The van der Waals surface area contributed by atoms with Crippen LogP contribution < -0.4 is 0 Å². The van der Waals surface area contributed by atoms with Gasteiger partial charge in [0.25, 0.3) is 0 Å². The Morgan fingerprint density at radius 1 is 1.00 bits per heavy atom. The Hall–Kier alpha value is -3.40. The van der Waals surface area contributed by atoms with Crippen molar-refractivity contribution in [2.75, 3.05) is 0 Å². The fourth-order valence-electron chi connectivity index (χ4n) is 3.81. The highest BCUT2D eigenvalue weighted by atomic mass is 16.4. The summed E-state index contributed by atoms with van der Waals surface area (Å²) in [6.45, 7) is 5.22. The van der Waals surface area contributed by atoms with Gasteiger partial charge in [0.2, 0.25) is 0 Å². The molecule has 30 heavy (non-hydrogen) atoms. The maximum Gasteiger partial charge on any atom is 0.336 e. The average molecular weight is 399 g/mol. The molecule has 0 amide bonds. The number of rotatable bonds is 7. The molecule has 1 heterocycles. The number of aromatic carboxylic acids is 1. The maximum absolute atomic E-state index is 11.5.